The van der Waals surface area contributed by atoms with Crippen LogP contribution in [0, 0.1) is 11.2 Å². The molecule has 1 aromatic carbocycles. The monoisotopic (exact) mass is 545 g/mol. The van der Waals surface area contributed by atoms with Crippen LogP contribution in [0.25, 0.3) is 5.65 Å². The molecule has 3 N–H and O–H groups in total. The molecule has 4 heterocycles. The van der Waals surface area contributed by atoms with E-state index in [1.807, 2.05) is 4.90 Å². The average Bonchev–Trinajstić information content (AvgIpc) is 3.44. The number of anilines is 1. The van der Waals surface area contributed by atoms with E-state index in [1.165, 1.54) is 17.0 Å². The number of hydrogen-bond acceptors (Lipinski definition) is 5. The maximum Gasteiger partial charge on any atom is 0.435 e. The van der Waals surface area contributed by atoms with Crippen LogP contribution in [-0.2, 0) is 12.4 Å². The summed E-state index contributed by atoms with van der Waals surface area (Å²) in [5.41, 5.74) is 2.43. The number of nitrogens with one attached hydrogen (secondary N) is 1. The fraction of sp³-hybridized carbons (Fsp3) is 0.435. The van der Waals surface area contributed by atoms with Crippen LogP contribution in [0.3, 0.4) is 0 Å². The first-order valence-corrected chi connectivity index (χ1v) is 11.6. The van der Waals surface area contributed by atoms with Crippen molar-refractivity contribution in [3.05, 3.63) is 59.2 Å². The van der Waals surface area contributed by atoms with E-state index < -0.39 is 47.3 Å². The number of rotatable bonds is 5. The molecule has 38 heavy (non-hydrogen) atoms. The Morgan fingerprint density at radius 3 is 2.29 bits per heavy atom. The molecular formula is C23H22F7N7O. The lowest BCUT2D eigenvalue weighted by Gasteiger charge is -2.47. The zero-order valence-corrected chi connectivity index (χ0v) is 19.7. The predicted molar refractivity (Wildman–Crippen MR) is 120 cm³/mol. The lowest BCUT2D eigenvalue weighted by Crippen LogP contribution is -2.61. The van der Waals surface area contributed by atoms with E-state index in [2.05, 4.69) is 15.4 Å². The van der Waals surface area contributed by atoms with Gasteiger partial charge in [0, 0.05) is 43.7 Å². The molecule has 3 aromatic rings. The van der Waals surface area contributed by atoms with Gasteiger partial charge in [-0.1, -0.05) is 12.1 Å². The highest BCUT2D eigenvalue weighted by Crippen LogP contribution is 2.42. The first kappa shape index (κ1) is 26.0. The number of nitrogens with two attached hydrogens (primary N) is 1. The van der Waals surface area contributed by atoms with Crippen molar-refractivity contribution >= 4 is 17.5 Å². The number of hydrogen-bond donors (Lipinski definition) is 2. The number of carbonyl (C=O) groups is 1. The number of fused-ring (bicyclic) bond motifs is 1. The Balaban J connectivity index is 1.45. The SMILES string of the molecule is NC(=O)N1CC2(CCN([C@@H](CNc3cc(C(F)(F)F)nc4cc(C(F)(F)F)nn34)c3ccc(F)cc3)C2)C1. The van der Waals surface area contributed by atoms with Crippen molar-refractivity contribution in [2.75, 3.05) is 38.0 Å². The largest absolute Gasteiger partial charge is 0.435 e. The second kappa shape index (κ2) is 8.99. The molecule has 2 fully saturated rings. The Labute approximate surface area is 211 Å². The van der Waals surface area contributed by atoms with E-state index in [0.29, 0.717) is 48.4 Å². The number of alkyl halides is 6. The molecule has 0 unspecified atom stereocenters. The summed E-state index contributed by atoms with van der Waals surface area (Å²) in [6.07, 6.45) is -9.05. The second-order valence-corrected chi connectivity index (χ2v) is 9.68. The van der Waals surface area contributed by atoms with Gasteiger partial charge in [-0.05, 0) is 30.7 Å². The highest BCUT2D eigenvalue weighted by molar-refractivity contribution is 5.73. The van der Waals surface area contributed by atoms with E-state index in [1.54, 1.807) is 12.1 Å². The summed E-state index contributed by atoms with van der Waals surface area (Å²) in [5.74, 6) is -0.807. The van der Waals surface area contributed by atoms with E-state index in [4.69, 9.17) is 5.73 Å². The van der Waals surface area contributed by atoms with Gasteiger partial charge in [0.2, 0.25) is 0 Å². The van der Waals surface area contributed by atoms with Gasteiger partial charge in [-0.3, -0.25) is 4.90 Å². The van der Waals surface area contributed by atoms with Crippen molar-refractivity contribution in [3.8, 4) is 0 Å². The molecule has 1 spiro atoms. The maximum atomic E-state index is 13.6. The summed E-state index contributed by atoms with van der Waals surface area (Å²) in [4.78, 5) is 18.3. The van der Waals surface area contributed by atoms with Gasteiger partial charge in [-0.25, -0.2) is 14.2 Å². The Morgan fingerprint density at radius 2 is 1.68 bits per heavy atom. The number of primary amides is 1. The van der Waals surface area contributed by atoms with Gasteiger partial charge in [0.05, 0.1) is 6.04 Å². The van der Waals surface area contributed by atoms with E-state index >= 15 is 0 Å². The minimum absolute atomic E-state index is 0.0289. The molecule has 2 aliphatic heterocycles. The average molecular weight is 545 g/mol. The Morgan fingerprint density at radius 1 is 1.03 bits per heavy atom. The van der Waals surface area contributed by atoms with E-state index in [-0.39, 0.29) is 17.8 Å². The van der Waals surface area contributed by atoms with E-state index in [9.17, 15) is 35.5 Å². The zero-order chi connectivity index (χ0) is 27.5. The summed E-state index contributed by atoms with van der Waals surface area (Å²) in [7, 11) is 0. The zero-order valence-electron chi connectivity index (χ0n) is 19.7. The number of urea groups is 1. The second-order valence-electron chi connectivity index (χ2n) is 9.68. The van der Waals surface area contributed by atoms with Gasteiger partial charge in [-0.2, -0.15) is 36.0 Å². The van der Waals surface area contributed by atoms with Crippen LogP contribution in [0.1, 0.15) is 29.4 Å². The fourth-order valence-corrected chi connectivity index (χ4v) is 5.14. The van der Waals surface area contributed by atoms with Crippen molar-refractivity contribution in [3.63, 3.8) is 0 Å². The number of amides is 2. The van der Waals surface area contributed by atoms with Crippen molar-refractivity contribution in [2.45, 2.75) is 24.8 Å². The Hall–Kier alpha value is -3.62. The first-order chi connectivity index (χ1) is 17.7. The quantitative estimate of drug-likeness (QED) is 0.471. The molecule has 0 radical (unpaired) electrons. The number of nitrogens with zero attached hydrogens (tertiary/aromatic N) is 5. The minimum Gasteiger partial charge on any atom is -0.368 e. The molecule has 0 saturated carbocycles. The molecule has 1 atom stereocenters. The number of benzene rings is 1. The van der Waals surface area contributed by atoms with Crippen LogP contribution in [0.15, 0.2) is 36.4 Å². The van der Waals surface area contributed by atoms with Crippen molar-refractivity contribution < 1.29 is 35.5 Å². The van der Waals surface area contributed by atoms with Crippen LogP contribution in [0.2, 0.25) is 0 Å². The summed E-state index contributed by atoms with van der Waals surface area (Å²) in [6.45, 7) is 2.03. The van der Waals surface area contributed by atoms with Crippen molar-refractivity contribution in [1.82, 2.24) is 24.4 Å². The van der Waals surface area contributed by atoms with Gasteiger partial charge < -0.3 is 16.0 Å². The molecule has 2 aliphatic rings. The molecule has 2 saturated heterocycles. The Kier molecular flexibility index (Phi) is 6.16. The van der Waals surface area contributed by atoms with Gasteiger partial charge in [-0.15, -0.1) is 0 Å². The molecule has 0 bridgehead atoms. The predicted octanol–water partition coefficient (Wildman–Crippen LogP) is 4.15. The fourth-order valence-electron chi connectivity index (χ4n) is 5.14. The molecule has 2 aromatic heterocycles. The molecular weight excluding hydrogens is 523 g/mol. The van der Waals surface area contributed by atoms with Crippen LogP contribution in [0.4, 0.5) is 41.3 Å². The lowest BCUT2D eigenvalue weighted by molar-refractivity contribution is -0.142. The third-order valence-corrected chi connectivity index (χ3v) is 7.01. The lowest BCUT2D eigenvalue weighted by atomic mass is 9.79. The summed E-state index contributed by atoms with van der Waals surface area (Å²) >= 11 is 0. The molecule has 0 aliphatic carbocycles. The highest BCUT2D eigenvalue weighted by Gasteiger charge is 2.50. The van der Waals surface area contributed by atoms with Gasteiger partial charge in [0.15, 0.2) is 17.0 Å². The smallest absolute Gasteiger partial charge is 0.368 e. The van der Waals surface area contributed by atoms with Crippen LogP contribution >= 0.6 is 0 Å². The van der Waals surface area contributed by atoms with Crippen molar-refractivity contribution in [2.24, 2.45) is 11.1 Å². The van der Waals surface area contributed by atoms with Gasteiger partial charge in [0.1, 0.15) is 11.6 Å². The minimum atomic E-state index is -4.91. The topological polar surface area (TPSA) is 91.8 Å². The standard InChI is InChI=1S/C23H22F7N7O/c24-14-3-1-13(2-4-14)15(35-6-5-21(10-35)11-36(12-21)20(31)38)9-32-18-7-16(22(25,26)27)33-19-8-17(23(28,29)30)34-37(18)19/h1-4,7-8,15,32H,5-6,9-12H2,(H2,31,38)/t15-/m0/s1. The third-order valence-electron chi connectivity index (χ3n) is 7.01. The number of carbonyl (C=O) groups excluding carboxylic acids is 1. The highest BCUT2D eigenvalue weighted by atomic mass is 19.4. The maximum absolute atomic E-state index is 13.6. The van der Waals surface area contributed by atoms with Gasteiger partial charge >= 0.3 is 18.4 Å². The molecule has 15 heteroatoms. The Bertz CT molecular complexity index is 1350. The number of halogens is 7. The van der Waals surface area contributed by atoms with Crippen molar-refractivity contribution in [1.29, 1.82) is 0 Å². The molecule has 5 rings (SSSR count). The first-order valence-electron chi connectivity index (χ1n) is 11.6. The molecule has 204 valence electrons. The molecule has 8 nitrogen and oxygen atoms in total. The van der Waals surface area contributed by atoms with Gasteiger partial charge in [0.25, 0.3) is 0 Å². The summed E-state index contributed by atoms with van der Waals surface area (Å²) in [6, 6.07) is 5.64. The normalized spacial score (nSPS) is 18.7. The van der Waals surface area contributed by atoms with Crippen LogP contribution < -0.4 is 11.1 Å². The van der Waals surface area contributed by atoms with Crippen LogP contribution in [0.5, 0.6) is 0 Å². The number of aromatic nitrogens is 3. The van der Waals surface area contributed by atoms with Crippen LogP contribution in [-0.4, -0.2) is 63.2 Å². The van der Waals surface area contributed by atoms with E-state index in [0.717, 1.165) is 6.42 Å². The third kappa shape index (κ3) is 4.93. The summed E-state index contributed by atoms with van der Waals surface area (Å²) in [5, 5.41) is 6.24. The number of likely N-dealkylation sites (tertiary alicyclic amines) is 2. The summed E-state index contributed by atoms with van der Waals surface area (Å²) < 4.78 is 94.5. The molecule has 2 amide bonds.